The van der Waals surface area contributed by atoms with Crippen LogP contribution in [0.2, 0.25) is 0 Å². The van der Waals surface area contributed by atoms with E-state index < -0.39 is 7.14 Å². The Morgan fingerprint density at radius 3 is 2.48 bits per heavy atom. The molecule has 0 aliphatic carbocycles. The molecule has 5 heteroatoms. The first-order chi connectivity index (χ1) is 9.94. The van der Waals surface area contributed by atoms with Gasteiger partial charge in [0.25, 0.3) is 5.56 Å². The molecule has 0 bridgehead atoms. The van der Waals surface area contributed by atoms with Gasteiger partial charge in [-0.15, -0.1) is 0 Å². The van der Waals surface area contributed by atoms with Crippen molar-refractivity contribution in [2.24, 2.45) is 7.05 Å². The maximum atomic E-state index is 13.4. The van der Waals surface area contributed by atoms with Crippen molar-refractivity contribution in [3.8, 4) is 0 Å². The van der Waals surface area contributed by atoms with E-state index in [0.29, 0.717) is 11.3 Å². The smallest absolute Gasteiger partial charge is 0.274 e. The van der Waals surface area contributed by atoms with Crippen LogP contribution < -0.4 is 10.9 Å². The summed E-state index contributed by atoms with van der Waals surface area (Å²) in [6, 6.07) is 3.85. The molecule has 112 valence electrons. The van der Waals surface area contributed by atoms with Gasteiger partial charge in [-0.3, -0.25) is 4.79 Å². The number of nitrogens with zero attached hydrogens (tertiary/aromatic N) is 2. The quantitative estimate of drug-likeness (QED) is 0.802. The Labute approximate surface area is 124 Å². The van der Waals surface area contributed by atoms with Crippen LogP contribution >= 0.6 is 7.14 Å². The van der Waals surface area contributed by atoms with Crippen molar-refractivity contribution in [1.29, 1.82) is 0 Å². The number of fused-ring (bicyclic) bond motifs is 1. The summed E-state index contributed by atoms with van der Waals surface area (Å²) in [5.41, 5.74) is 0.998. The predicted molar refractivity (Wildman–Crippen MR) is 87.3 cm³/mol. The molecule has 0 spiro atoms. The molecule has 0 atom stereocenters. The van der Waals surface area contributed by atoms with Crippen LogP contribution in [-0.2, 0) is 11.6 Å². The lowest BCUT2D eigenvalue weighted by Gasteiger charge is -2.21. The van der Waals surface area contributed by atoms with Crippen molar-refractivity contribution in [3.05, 3.63) is 34.2 Å². The van der Waals surface area contributed by atoms with Crippen LogP contribution in [0.5, 0.6) is 0 Å². The number of hydrogen-bond acceptors (Lipinski definition) is 3. The van der Waals surface area contributed by atoms with E-state index in [4.69, 9.17) is 0 Å². The van der Waals surface area contributed by atoms with Gasteiger partial charge in [0.05, 0.1) is 11.6 Å². The Morgan fingerprint density at radius 1 is 1.19 bits per heavy atom. The molecule has 0 unspecified atom stereocenters. The van der Waals surface area contributed by atoms with Gasteiger partial charge in [0, 0.05) is 30.1 Å². The molecule has 1 aromatic heterocycles. The lowest BCUT2D eigenvalue weighted by Crippen LogP contribution is -2.23. The van der Waals surface area contributed by atoms with E-state index in [0.717, 1.165) is 41.4 Å². The fraction of sp³-hybridized carbons (Fsp3) is 0.500. The molecular weight excluding hydrogens is 283 g/mol. The molecule has 0 radical (unpaired) electrons. The fourth-order valence-corrected chi connectivity index (χ4v) is 6.86. The third-order valence-electron chi connectivity index (χ3n) is 4.45. The van der Waals surface area contributed by atoms with E-state index >= 15 is 0 Å². The minimum absolute atomic E-state index is 0.116. The summed E-state index contributed by atoms with van der Waals surface area (Å²) in [4.78, 5) is 12.3. The van der Waals surface area contributed by atoms with Crippen LogP contribution in [0, 0.1) is 0 Å². The van der Waals surface area contributed by atoms with Crippen LogP contribution in [0.1, 0.15) is 38.2 Å². The van der Waals surface area contributed by atoms with Crippen molar-refractivity contribution in [3.63, 3.8) is 0 Å². The number of rotatable bonds is 2. The summed E-state index contributed by atoms with van der Waals surface area (Å²) in [6.45, 7) is 4.22. The monoisotopic (exact) mass is 304 g/mol. The molecule has 1 aliphatic heterocycles. The van der Waals surface area contributed by atoms with Crippen molar-refractivity contribution >= 4 is 23.2 Å². The van der Waals surface area contributed by atoms with Crippen molar-refractivity contribution in [2.45, 2.75) is 32.6 Å². The molecule has 1 saturated heterocycles. The average molecular weight is 304 g/mol. The van der Waals surface area contributed by atoms with Gasteiger partial charge in [-0.2, -0.15) is 5.10 Å². The van der Waals surface area contributed by atoms with Crippen LogP contribution in [-0.4, -0.2) is 22.1 Å². The highest BCUT2D eigenvalue weighted by Gasteiger charge is 2.33. The highest BCUT2D eigenvalue weighted by molar-refractivity contribution is 7.72. The summed E-state index contributed by atoms with van der Waals surface area (Å²) in [6.07, 6.45) is 5.28. The number of benzene rings is 1. The van der Waals surface area contributed by atoms with Crippen LogP contribution in [0.3, 0.4) is 0 Å². The van der Waals surface area contributed by atoms with E-state index in [1.807, 2.05) is 12.1 Å². The standard InChI is InChI=1S/C16H21N2O2P/c1-11(2)12-6-7-13-14(10-17-18(3)16(13)19)15(12)21(20)8-4-5-9-21/h6-7,10-11H,4-5,8-9H2,1-3H3. The fourth-order valence-electron chi connectivity index (χ4n) is 3.30. The molecule has 1 aromatic carbocycles. The maximum absolute atomic E-state index is 13.4. The maximum Gasteiger partial charge on any atom is 0.274 e. The van der Waals surface area contributed by atoms with Crippen molar-refractivity contribution in [1.82, 2.24) is 9.78 Å². The van der Waals surface area contributed by atoms with Gasteiger partial charge in [-0.05, 0) is 30.4 Å². The first kappa shape index (κ1) is 14.5. The molecule has 2 heterocycles. The highest BCUT2D eigenvalue weighted by atomic mass is 31.2. The topological polar surface area (TPSA) is 52.0 Å². The van der Waals surface area contributed by atoms with Crippen molar-refractivity contribution in [2.75, 3.05) is 12.3 Å². The first-order valence-electron chi connectivity index (χ1n) is 7.51. The average Bonchev–Trinajstić information content (AvgIpc) is 2.89. The summed E-state index contributed by atoms with van der Waals surface area (Å²) in [7, 11) is -0.734. The lowest BCUT2D eigenvalue weighted by atomic mass is 10.0. The lowest BCUT2D eigenvalue weighted by molar-refractivity contribution is 0.584. The second-order valence-electron chi connectivity index (χ2n) is 6.24. The van der Waals surface area contributed by atoms with Crippen LogP contribution in [0.15, 0.2) is 23.1 Å². The Bertz CT molecular complexity index is 798. The molecule has 0 saturated carbocycles. The summed E-state index contributed by atoms with van der Waals surface area (Å²) in [5, 5.41) is 6.52. The molecule has 0 amide bonds. The molecule has 2 aromatic rings. The Balaban J connectivity index is 2.43. The zero-order valence-electron chi connectivity index (χ0n) is 12.8. The predicted octanol–water partition coefficient (Wildman–Crippen LogP) is 2.84. The second kappa shape index (κ2) is 5.10. The largest absolute Gasteiger partial charge is 0.319 e. The SMILES string of the molecule is CC(C)c1ccc2c(=O)n(C)ncc2c1P1(=O)CCCC1. The van der Waals surface area contributed by atoms with Gasteiger partial charge in [-0.1, -0.05) is 19.9 Å². The van der Waals surface area contributed by atoms with Gasteiger partial charge in [0.15, 0.2) is 0 Å². The molecule has 3 rings (SSSR count). The van der Waals surface area contributed by atoms with Crippen LogP contribution in [0.4, 0.5) is 0 Å². The third kappa shape index (κ3) is 2.26. The molecular formula is C16H21N2O2P. The van der Waals surface area contributed by atoms with Gasteiger partial charge in [0.2, 0.25) is 0 Å². The van der Waals surface area contributed by atoms with E-state index in [2.05, 4.69) is 18.9 Å². The highest BCUT2D eigenvalue weighted by Crippen LogP contribution is 2.53. The zero-order chi connectivity index (χ0) is 15.2. The number of hydrogen-bond donors (Lipinski definition) is 0. The van der Waals surface area contributed by atoms with E-state index in [1.165, 1.54) is 4.68 Å². The minimum atomic E-state index is -2.38. The Morgan fingerprint density at radius 2 is 1.86 bits per heavy atom. The molecule has 0 N–H and O–H groups in total. The van der Waals surface area contributed by atoms with E-state index in [9.17, 15) is 9.36 Å². The second-order valence-corrected chi connectivity index (χ2v) is 9.36. The molecule has 4 nitrogen and oxygen atoms in total. The van der Waals surface area contributed by atoms with E-state index in [1.54, 1.807) is 13.2 Å². The van der Waals surface area contributed by atoms with Gasteiger partial charge in [-0.25, -0.2) is 4.68 Å². The minimum Gasteiger partial charge on any atom is -0.319 e. The first-order valence-corrected chi connectivity index (χ1v) is 9.59. The normalized spacial score (nSPS) is 17.7. The van der Waals surface area contributed by atoms with Gasteiger partial charge in [0.1, 0.15) is 7.14 Å². The Kier molecular flexibility index (Phi) is 3.53. The third-order valence-corrected chi connectivity index (χ3v) is 7.84. The van der Waals surface area contributed by atoms with Gasteiger partial charge < -0.3 is 4.57 Å². The summed E-state index contributed by atoms with van der Waals surface area (Å²) in [5.74, 6) is 0.292. The van der Waals surface area contributed by atoms with Crippen LogP contribution in [0.25, 0.3) is 10.8 Å². The zero-order valence-corrected chi connectivity index (χ0v) is 13.7. The molecule has 1 aliphatic rings. The molecule has 21 heavy (non-hydrogen) atoms. The number of aryl methyl sites for hydroxylation is 1. The van der Waals surface area contributed by atoms with Gasteiger partial charge >= 0.3 is 0 Å². The summed E-state index contributed by atoms with van der Waals surface area (Å²) < 4.78 is 14.8. The number of aromatic nitrogens is 2. The Hall–Kier alpha value is -1.41. The van der Waals surface area contributed by atoms with E-state index in [-0.39, 0.29) is 5.56 Å². The summed E-state index contributed by atoms with van der Waals surface area (Å²) >= 11 is 0. The van der Waals surface area contributed by atoms with Crippen molar-refractivity contribution < 1.29 is 4.57 Å². The molecule has 1 fully saturated rings.